The molecule has 17 heavy (non-hydrogen) atoms. The van der Waals surface area contributed by atoms with Crippen LogP contribution in [0.2, 0.25) is 0 Å². The fourth-order valence-corrected chi connectivity index (χ4v) is 1.49. The van der Waals surface area contributed by atoms with Crippen molar-refractivity contribution in [2.45, 2.75) is 6.54 Å². The summed E-state index contributed by atoms with van der Waals surface area (Å²) in [7, 11) is 3.27. The standard InChI is InChI=1S/C11H14N4O2/c1-16-9-3-4-10(17-2)8(5-9)6-12-11-13-7-14-15-11/h3-5,7H,6H2,1-2H3,(H2,12,13,14,15). The zero-order valence-corrected chi connectivity index (χ0v) is 9.73. The largest absolute Gasteiger partial charge is 0.497 e. The molecule has 0 spiro atoms. The van der Waals surface area contributed by atoms with Crippen molar-refractivity contribution in [2.75, 3.05) is 19.5 Å². The van der Waals surface area contributed by atoms with Crippen LogP contribution in [0.25, 0.3) is 0 Å². The summed E-state index contributed by atoms with van der Waals surface area (Å²) in [5.41, 5.74) is 0.989. The minimum absolute atomic E-state index is 0.579. The van der Waals surface area contributed by atoms with E-state index < -0.39 is 0 Å². The minimum Gasteiger partial charge on any atom is -0.497 e. The summed E-state index contributed by atoms with van der Waals surface area (Å²) in [4.78, 5) is 3.98. The van der Waals surface area contributed by atoms with Crippen molar-refractivity contribution in [3.05, 3.63) is 30.1 Å². The van der Waals surface area contributed by atoms with Crippen LogP contribution >= 0.6 is 0 Å². The van der Waals surface area contributed by atoms with Crippen LogP contribution in [0.15, 0.2) is 24.5 Å². The van der Waals surface area contributed by atoms with Crippen molar-refractivity contribution in [1.82, 2.24) is 15.2 Å². The summed E-state index contributed by atoms with van der Waals surface area (Å²) in [5.74, 6) is 2.22. The number of ether oxygens (including phenoxy) is 2. The first-order valence-corrected chi connectivity index (χ1v) is 5.13. The van der Waals surface area contributed by atoms with Gasteiger partial charge in [0.1, 0.15) is 17.8 Å². The first kappa shape index (κ1) is 11.3. The van der Waals surface area contributed by atoms with Crippen molar-refractivity contribution in [1.29, 1.82) is 0 Å². The van der Waals surface area contributed by atoms with Gasteiger partial charge in [0.05, 0.1) is 14.2 Å². The molecular formula is C11H14N4O2. The Hall–Kier alpha value is -2.24. The molecule has 6 heteroatoms. The third kappa shape index (κ3) is 2.66. The number of aromatic nitrogens is 3. The molecule has 0 aliphatic rings. The maximum atomic E-state index is 5.27. The molecule has 2 N–H and O–H groups in total. The second-order valence-electron chi connectivity index (χ2n) is 3.37. The van der Waals surface area contributed by atoms with Gasteiger partial charge in [-0.15, -0.1) is 0 Å². The van der Waals surface area contributed by atoms with Crippen molar-refractivity contribution in [3.8, 4) is 11.5 Å². The highest BCUT2D eigenvalue weighted by atomic mass is 16.5. The summed E-state index contributed by atoms with van der Waals surface area (Å²) < 4.78 is 10.4. The molecule has 0 saturated carbocycles. The zero-order valence-electron chi connectivity index (χ0n) is 9.73. The third-order valence-electron chi connectivity index (χ3n) is 2.35. The van der Waals surface area contributed by atoms with Crippen LogP contribution in [0.5, 0.6) is 11.5 Å². The quantitative estimate of drug-likeness (QED) is 0.818. The maximum Gasteiger partial charge on any atom is 0.218 e. The predicted octanol–water partition coefficient (Wildman–Crippen LogP) is 1.43. The number of methoxy groups -OCH3 is 2. The van der Waals surface area contributed by atoms with Gasteiger partial charge in [-0.05, 0) is 18.2 Å². The molecule has 0 amide bonds. The smallest absolute Gasteiger partial charge is 0.218 e. The zero-order chi connectivity index (χ0) is 12.1. The number of hydrogen-bond donors (Lipinski definition) is 2. The number of anilines is 1. The summed E-state index contributed by atoms with van der Waals surface area (Å²) in [6.07, 6.45) is 1.45. The number of benzene rings is 1. The van der Waals surface area contributed by atoms with E-state index in [1.807, 2.05) is 18.2 Å². The molecule has 2 aromatic rings. The van der Waals surface area contributed by atoms with Crippen LogP contribution in [0.1, 0.15) is 5.56 Å². The number of hydrogen-bond acceptors (Lipinski definition) is 5. The fraction of sp³-hybridized carbons (Fsp3) is 0.273. The van der Waals surface area contributed by atoms with Gasteiger partial charge in [-0.3, -0.25) is 0 Å². The van der Waals surface area contributed by atoms with E-state index in [2.05, 4.69) is 20.5 Å². The van der Waals surface area contributed by atoms with Gasteiger partial charge in [-0.25, -0.2) is 10.1 Å². The molecule has 0 atom stereocenters. The Morgan fingerprint density at radius 3 is 2.82 bits per heavy atom. The van der Waals surface area contributed by atoms with E-state index in [9.17, 15) is 0 Å². The number of rotatable bonds is 5. The molecule has 0 unspecified atom stereocenters. The summed E-state index contributed by atoms with van der Waals surface area (Å²) in [6, 6.07) is 5.65. The van der Waals surface area contributed by atoms with E-state index in [1.165, 1.54) is 6.33 Å². The Labute approximate surface area is 99.0 Å². The molecule has 90 valence electrons. The monoisotopic (exact) mass is 234 g/mol. The Bertz CT molecular complexity index is 470. The molecule has 2 rings (SSSR count). The lowest BCUT2D eigenvalue weighted by Crippen LogP contribution is -2.03. The third-order valence-corrected chi connectivity index (χ3v) is 2.35. The number of nitrogens with zero attached hydrogens (tertiary/aromatic N) is 2. The van der Waals surface area contributed by atoms with E-state index in [0.29, 0.717) is 12.5 Å². The highest BCUT2D eigenvalue weighted by molar-refractivity contribution is 5.42. The molecule has 6 nitrogen and oxygen atoms in total. The SMILES string of the molecule is COc1ccc(OC)c(CNc2ncn[nH]2)c1. The number of aromatic amines is 1. The van der Waals surface area contributed by atoms with Crippen LogP contribution < -0.4 is 14.8 Å². The van der Waals surface area contributed by atoms with E-state index in [4.69, 9.17) is 9.47 Å². The van der Waals surface area contributed by atoms with Crippen LogP contribution in [0.3, 0.4) is 0 Å². The van der Waals surface area contributed by atoms with Crippen molar-refractivity contribution < 1.29 is 9.47 Å². The van der Waals surface area contributed by atoms with E-state index >= 15 is 0 Å². The van der Waals surface area contributed by atoms with Gasteiger partial charge in [-0.1, -0.05) is 0 Å². The Balaban J connectivity index is 2.12. The molecule has 1 aromatic heterocycles. The van der Waals surface area contributed by atoms with Gasteiger partial charge < -0.3 is 14.8 Å². The van der Waals surface area contributed by atoms with Crippen LogP contribution in [0.4, 0.5) is 5.95 Å². The molecule has 0 fully saturated rings. The van der Waals surface area contributed by atoms with Gasteiger partial charge in [0.15, 0.2) is 0 Å². The molecule has 0 bridgehead atoms. The van der Waals surface area contributed by atoms with Gasteiger partial charge in [-0.2, -0.15) is 5.10 Å². The maximum absolute atomic E-state index is 5.27. The lowest BCUT2D eigenvalue weighted by atomic mass is 10.2. The molecule has 0 aliphatic heterocycles. The van der Waals surface area contributed by atoms with E-state index in [0.717, 1.165) is 17.1 Å². The minimum atomic E-state index is 0.579. The van der Waals surface area contributed by atoms with Gasteiger partial charge in [0, 0.05) is 12.1 Å². The van der Waals surface area contributed by atoms with Crippen LogP contribution in [0, 0.1) is 0 Å². The topological polar surface area (TPSA) is 72.1 Å². The van der Waals surface area contributed by atoms with Gasteiger partial charge >= 0.3 is 0 Å². The highest BCUT2D eigenvalue weighted by Crippen LogP contribution is 2.24. The molecule has 0 aliphatic carbocycles. The molecule has 1 aromatic carbocycles. The van der Waals surface area contributed by atoms with Crippen molar-refractivity contribution in [2.24, 2.45) is 0 Å². The summed E-state index contributed by atoms with van der Waals surface area (Å²) in [6.45, 7) is 0.579. The molecular weight excluding hydrogens is 220 g/mol. The average Bonchev–Trinajstić information content (AvgIpc) is 2.89. The summed E-state index contributed by atoms with van der Waals surface area (Å²) >= 11 is 0. The highest BCUT2D eigenvalue weighted by Gasteiger charge is 2.05. The predicted molar refractivity (Wildman–Crippen MR) is 63.3 cm³/mol. The molecule has 0 radical (unpaired) electrons. The molecule has 1 heterocycles. The normalized spacial score (nSPS) is 10.0. The Kier molecular flexibility index (Phi) is 3.44. The second kappa shape index (κ2) is 5.20. The van der Waals surface area contributed by atoms with E-state index in [1.54, 1.807) is 14.2 Å². The fourth-order valence-electron chi connectivity index (χ4n) is 1.49. The summed E-state index contributed by atoms with van der Waals surface area (Å²) in [5, 5.41) is 9.59. The van der Waals surface area contributed by atoms with Crippen LogP contribution in [-0.4, -0.2) is 29.4 Å². The Morgan fingerprint density at radius 1 is 1.29 bits per heavy atom. The van der Waals surface area contributed by atoms with E-state index in [-0.39, 0.29) is 0 Å². The lowest BCUT2D eigenvalue weighted by molar-refractivity contribution is 0.399. The molecule has 0 saturated heterocycles. The lowest BCUT2D eigenvalue weighted by Gasteiger charge is -2.10. The van der Waals surface area contributed by atoms with Crippen molar-refractivity contribution >= 4 is 5.95 Å². The van der Waals surface area contributed by atoms with Gasteiger partial charge in [0.25, 0.3) is 0 Å². The average molecular weight is 234 g/mol. The second-order valence-corrected chi connectivity index (χ2v) is 3.37. The van der Waals surface area contributed by atoms with Crippen molar-refractivity contribution in [3.63, 3.8) is 0 Å². The number of H-pyrrole nitrogens is 1. The first-order chi connectivity index (χ1) is 8.33. The van der Waals surface area contributed by atoms with Crippen LogP contribution in [-0.2, 0) is 6.54 Å². The number of nitrogens with one attached hydrogen (secondary N) is 2. The van der Waals surface area contributed by atoms with Gasteiger partial charge in [0.2, 0.25) is 5.95 Å². The Morgan fingerprint density at radius 2 is 2.18 bits per heavy atom. The first-order valence-electron chi connectivity index (χ1n) is 5.13.